The molecule has 0 unspecified atom stereocenters. The molecular formula is C23H33NO3. The van der Waals surface area contributed by atoms with Gasteiger partial charge in [0.25, 0.3) is 0 Å². The molecule has 3 rings (SSSR count). The van der Waals surface area contributed by atoms with Gasteiger partial charge in [-0.3, -0.25) is 0 Å². The average Bonchev–Trinajstić information content (AvgIpc) is 2.97. The highest BCUT2D eigenvalue weighted by Crippen LogP contribution is 2.48. The van der Waals surface area contributed by atoms with E-state index in [2.05, 4.69) is 13.0 Å². The summed E-state index contributed by atoms with van der Waals surface area (Å²) in [4.78, 5) is 0. The molecule has 2 aliphatic rings. The maximum atomic E-state index is 10.7. The van der Waals surface area contributed by atoms with E-state index in [1.807, 2.05) is 18.2 Å². The van der Waals surface area contributed by atoms with Gasteiger partial charge in [-0.2, -0.15) is 5.26 Å². The van der Waals surface area contributed by atoms with Gasteiger partial charge in [0.15, 0.2) is 6.61 Å². The Morgan fingerprint density at radius 3 is 2.89 bits per heavy atom. The molecule has 2 aliphatic carbocycles. The third-order valence-corrected chi connectivity index (χ3v) is 6.61. The lowest BCUT2D eigenvalue weighted by Gasteiger charge is -2.32. The van der Waals surface area contributed by atoms with Crippen molar-refractivity contribution in [1.82, 2.24) is 0 Å². The van der Waals surface area contributed by atoms with Gasteiger partial charge < -0.3 is 14.9 Å². The number of hydrogen-bond acceptors (Lipinski definition) is 4. The van der Waals surface area contributed by atoms with E-state index < -0.39 is 0 Å². The lowest BCUT2D eigenvalue weighted by Crippen LogP contribution is -2.28. The Labute approximate surface area is 163 Å². The molecule has 5 atom stereocenters. The highest BCUT2D eigenvalue weighted by atomic mass is 16.5. The molecule has 1 aromatic rings. The average molecular weight is 372 g/mol. The number of hydrogen-bond donors (Lipinski definition) is 2. The van der Waals surface area contributed by atoms with Gasteiger partial charge in [0, 0.05) is 0 Å². The lowest BCUT2D eigenvalue weighted by molar-refractivity contribution is 0.0869. The molecule has 4 heteroatoms. The minimum atomic E-state index is -0.263. The van der Waals surface area contributed by atoms with Gasteiger partial charge in [-0.05, 0) is 73.5 Å². The van der Waals surface area contributed by atoms with Crippen molar-refractivity contribution >= 4 is 0 Å². The third kappa shape index (κ3) is 4.83. The number of unbranched alkanes of at least 4 members (excludes halogenated alkanes) is 2. The minimum Gasteiger partial charge on any atom is -0.478 e. The minimum absolute atomic E-state index is 0.0751. The molecule has 1 fully saturated rings. The van der Waals surface area contributed by atoms with Crippen molar-refractivity contribution in [2.75, 3.05) is 6.61 Å². The smallest absolute Gasteiger partial charge is 0.174 e. The molecule has 4 nitrogen and oxygen atoms in total. The molecule has 1 saturated carbocycles. The molecular weight excluding hydrogens is 338 g/mol. The number of aliphatic hydroxyl groups is 2. The Morgan fingerprint density at radius 2 is 2.11 bits per heavy atom. The summed E-state index contributed by atoms with van der Waals surface area (Å²) in [7, 11) is 0. The Bertz CT molecular complexity index is 654. The number of rotatable bonds is 9. The Balaban J connectivity index is 1.62. The fraction of sp³-hybridized carbons (Fsp3) is 0.696. The molecule has 27 heavy (non-hydrogen) atoms. The van der Waals surface area contributed by atoms with E-state index in [1.54, 1.807) is 0 Å². The summed E-state index contributed by atoms with van der Waals surface area (Å²) in [6.07, 6.45) is 8.29. The first-order valence-corrected chi connectivity index (χ1v) is 10.6. The summed E-state index contributed by atoms with van der Waals surface area (Å²) in [5.74, 6) is 2.08. The largest absolute Gasteiger partial charge is 0.478 e. The van der Waals surface area contributed by atoms with Gasteiger partial charge in [0.2, 0.25) is 0 Å². The van der Waals surface area contributed by atoms with Crippen LogP contribution in [0, 0.1) is 29.1 Å². The van der Waals surface area contributed by atoms with Crippen LogP contribution in [0.3, 0.4) is 0 Å². The highest BCUT2D eigenvalue weighted by Gasteiger charge is 2.44. The first-order valence-electron chi connectivity index (χ1n) is 10.6. The number of aliphatic hydroxyl groups excluding tert-OH is 2. The van der Waals surface area contributed by atoms with Crippen molar-refractivity contribution in [3.05, 3.63) is 29.3 Å². The fourth-order valence-corrected chi connectivity index (χ4v) is 5.21. The van der Waals surface area contributed by atoms with Crippen LogP contribution in [0.25, 0.3) is 0 Å². The molecule has 0 spiro atoms. The van der Waals surface area contributed by atoms with Gasteiger partial charge in [-0.1, -0.05) is 38.3 Å². The number of nitrogens with zero attached hydrogens (tertiary/aromatic N) is 1. The van der Waals surface area contributed by atoms with Crippen LogP contribution in [0.1, 0.15) is 63.0 Å². The molecule has 0 radical (unpaired) electrons. The SMILES string of the molecule is CCCCC[C@@H](O)CC[C@@H]1[C@H]2Cc3cccc(OCC#N)c3C[C@H]2C[C@H]1O. The molecule has 0 amide bonds. The number of ether oxygens (including phenoxy) is 1. The standard InChI is InChI=1S/C23H33NO3/c1-2-3-4-7-18(25)9-10-19-20-13-16-6-5-8-23(27-12-11-24)21(16)14-17(20)15-22(19)26/h5-6,8,17-20,22,25-26H,2-4,7,9-10,12-15H2,1H3/t17-,18+,19+,20-,22+/m0/s1. The van der Waals surface area contributed by atoms with E-state index >= 15 is 0 Å². The maximum Gasteiger partial charge on any atom is 0.174 e. The van der Waals surface area contributed by atoms with E-state index in [0.717, 1.165) is 50.7 Å². The van der Waals surface area contributed by atoms with Crippen LogP contribution in [0.4, 0.5) is 0 Å². The topological polar surface area (TPSA) is 73.5 Å². The summed E-state index contributed by atoms with van der Waals surface area (Å²) >= 11 is 0. The second-order valence-electron chi connectivity index (χ2n) is 8.37. The zero-order valence-electron chi connectivity index (χ0n) is 16.4. The van der Waals surface area contributed by atoms with Gasteiger partial charge in [-0.15, -0.1) is 0 Å². The molecule has 0 saturated heterocycles. The first-order chi connectivity index (χ1) is 13.1. The number of fused-ring (bicyclic) bond motifs is 2. The van der Waals surface area contributed by atoms with Crippen molar-refractivity contribution in [3.63, 3.8) is 0 Å². The normalized spacial score (nSPS) is 27.5. The van der Waals surface area contributed by atoms with E-state index in [0.29, 0.717) is 11.8 Å². The van der Waals surface area contributed by atoms with Crippen molar-refractivity contribution in [3.8, 4) is 11.8 Å². The van der Waals surface area contributed by atoms with E-state index in [-0.39, 0.29) is 24.7 Å². The molecule has 0 aliphatic heterocycles. The van der Waals surface area contributed by atoms with Crippen LogP contribution in [0.2, 0.25) is 0 Å². The van der Waals surface area contributed by atoms with E-state index in [1.165, 1.54) is 24.0 Å². The molecule has 0 bridgehead atoms. The van der Waals surface area contributed by atoms with Crippen LogP contribution >= 0.6 is 0 Å². The second kappa shape index (κ2) is 9.57. The highest BCUT2D eigenvalue weighted by molar-refractivity contribution is 5.43. The van der Waals surface area contributed by atoms with Gasteiger partial charge in [0.1, 0.15) is 11.8 Å². The molecule has 0 aromatic heterocycles. The lowest BCUT2D eigenvalue weighted by atomic mass is 9.73. The van der Waals surface area contributed by atoms with Crippen molar-refractivity contribution in [1.29, 1.82) is 5.26 Å². The summed E-state index contributed by atoms with van der Waals surface area (Å²) in [6.45, 7) is 2.25. The Morgan fingerprint density at radius 1 is 1.26 bits per heavy atom. The Kier molecular flexibility index (Phi) is 7.15. The maximum absolute atomic E-state index is 10.7. The summed E-state index contributed by atoms with van der Waals surface area (Å²) in [6, 6.07) is 8.16. The van der Waals surface area contributed by atoms with Gasteiger partial charge >= 0.3 is 0 Å². The third-order valence-electron chi connectivity index (χ3n) is 6.61. The van der Waals surface area contributed by atoms with E-state index in [4.69, 9.17) is 10.00 Å². The fourth-order valence-electron chi connectivity index (χ4n) is 5.21. The predicted molar refractivity (Wildman–Crippen MR) is 105 cm³/mol. The quantitative estimate of drug-likeness (QED) is 0.643. The van der Waals surface area contributed by atoms with Crippen LogP contribution in [0.5, 0.6) is 5.75 Å². The summed E-state index contributed by atoms with van der Waals surface area (Å²) in [5, 5.41) is 29.7. The predicted octanol–water partition coefficient (Wildman–Crippen LogP) is 4.02. The monoisotopic (exact) mass is 371 g/mol. The summed E-state index contributed by atoms with van der Waals surface area (Å²) in [5.41, 5.74) is 2.52. The molecule has 148 valence electrons. The number of nitriles is 1. The molecule has 0 heterocycles. The van der Waals surface area contributed by atoms with Crippen LogP contribution in [-0.2, 0) is 12.8 Å². The van der Waals surface area contributed by atoms with E-state index in [9.17, 15) is 10.2 Å². The number of benzene rings is 1. The van der Waals surface area contributed by atoms with Crippen molar-refractivity contribution < 1.29 is 14.9 Å². The molecule has 1 aromatic carbocycles. The van der Waals surface area contributed by atoms with Crippen LogP contribution < -0.4 is 4.74 Å². The van der Waals surface area contributed by atoms with Crippen molar-refractivity contribution in [2.45, 2.75) is 76.9 Å². The zero-order valence-corrected chi connectivity index (χ0v) is 16.4. The summed E-state index contributed by atoms with van der Waals surface area (Å²) < 4.78 is 5.62. The van der Waals surface area contributed by atoms with Crippen LogP contribution in [0.15, 0.2) is 18.2 Å². The molecule has 2 N–H and O–H groups in total. The first kappa shape index (κ1) is 20.2. The zero-order chi connectivity index (χ0) is 19.2. The second-order valence-corrected chi connectivity index (χ2v) is 8.37. The van der Waals surface area contributed by atoms with Crippen LogP contribution in [-0.4, -0.2) is 29.0 Å². The van der Waals surface area contributed by atoms with Gasteiger partial charge in [-0.25, -0.2) is 0 Å². The Hall–Kier alpha value is -1.57. The van der Waals surface area contributed by atoms with Gasteiger partial charge in [0.05, 0.1) is 12.2 Å². The van der Waals surface area contributed by atoms with Crippen molar-refractivity contribution in [2.24, 2.45) is 17.8 Å².